The summed E-state index contributed by atoms with van der Waals surface area (Å²) in [7, 11) is 0. The van der Waals surface area contributed by atoms with Crippen LogP contribution in [0.1, 0.15) is 43.0 Å². The summed E-state index contributed by atoms with van der Waals surface area (Å²) in [6.45, 7) is 2.09. The molecule has 4 nitrogen and oxygen atoms in total. The van der Waals surface area contributed by atoms with E-state index < -0.39 is 11.7 Å². The zero-order chi connectivity index (χ0) is 15.1. The SMILES string of the molecule is CC(Nc1cc(C(N)=O)c(N)cc1F)C1CC2CCC1C2. The number of benzene rings is 1. The number of rotatable bonds is 4. The molecule has 0 aliphatic heterocycles. The van der Waals surface area contributed by atoms with Crippen LogP contribution in [-0.2, 0) is 0 Å². The molecular formula is C16H22FN3O. The van der Waals surface area contributed by atoms with E-state index in [4.69, 9.17) is 11.5 Å². The van der Waals surface area contributed by atoms with Gasteiger partial charge in [0.2, 0.25) is 0 Å². The van der Waals surface area contributed by atoms with Crippen LogP contribution in [0.15, 0.2) is 12.1 Å². The van der Waals surface area contributed by atoms with E-state index in [1.807, 2.05) is 0 Å². The molecule has 4 atom stereocenters. The molecule has 3 rings (SSSR count). The first-order valence-electron chi connectivity index (χ1n) is 7.61. The van der Waals surface area contributed by atoms with E-state index in [0.29, 0.717) is 11.6 Å². The molecule has 0 aromatic heterocycles. The summed E-state index contributed by atoms with van der Waals surface area (Å²) in [6, 6.07) is 2.77. The molecule has 5 heteroatoms. The van der Waals surface area contributed by atoms with Gasteiger partial charge in [-0.3, -0.25) is 4.79 Å². The second-order valence-electron chi connectivity index (χ2n) is 6.56. The van der Waals surface area contributed by atoms with E-state index in [1.165, 1.54) is 31.7 Å². The largest absolute Gasteiger partial charge is 0.398 e. The predicted octanol–water partition coefficient (Wildman–Crippen LogP) is 2.74. The lowest BCUT2D eigenvalue weighted by molar-refractivity contribution is 0.100. The molecule has 2 saturated carbocycles. The van der Waals surface area contributed by atoms with Gasteiger partial charge in [-0.25, -0.2) is 4.39 Å². The van der Waals surface area contributed by atoms with E-state index in [-0.39, 0.29) is 17.3 Å². The molecule has 2 fully saturated rings. The van der Waals surface area contributed by atoms with Crippen molar-refractivity contribution in [3.05, 3.63) is 23.5 Å². The Balaban J connectivity index is 1.78. The van der Waals surface area contributed by atoms with Crippen molar-refractivity contribution in [2.75, 3.05) is 11.1 Å². The number of hydrogen-bond donors (Lipinski definition) is 3. The lowest BCUT2D eigenvalue weighted by atomic mass is 9.84. The summed E-state index contributed by atoms with van der Waals surface area (Å²) in [5, 5.41) is 3.22. The third kappa shape index (κ3) is 2.57. The Morgan fingerprint density at radius 2 is 2.14 bits per heavy atom. The number of hydrogen-bond acceptors (Lipinski definition) is 3. The van der Waals surface area contributed by atoms with Gasteiger partial charge in [-0.1, -0.05) is 6.42 Å². The number of anilines is 2. The van der Waals surface area contributed by atoms with Crippen molar-refractivity contribution in [3.8, 4) is 0 Å². The van der Waals surface area contributed by atoms with Crippen molar-refractivity contribution in [3.63, 3.8) is 0 Å². The normalized spacial score (nSPS) is 28.6. The summed E-state index contributed by atoms with van der Waals surface area (Å²) < 4.78 is 14.0. The maximum atomic E-state index is 14.0. The van der Waals surface area contributed by atoms with Crippen LogP contribution < -0.4 is 16.8 Å². The highest BCUT2D eigenvalue weighted by Crippen LogP contribution is 2.49. The van der Waals surface area contributed by atoms with E-state index in [0.717, 1.165) is 17.9 Å². The minimum Gasteiger partial charge on any atom is -0.398 e. The highest BCUT2D eigenvalue weighted by molar-refractivity contribution is 5.99. The first kappa shape index (κ1) is 14.2. The van der Waals surface area contributed by atoms with Crippen molar-refractivity contribution in [2.45, 2.75) is 38.6 Å². The van der Waals surface area contributed by atoms with Crippen LogP contribution in [0.4, 0.5) is 15.8 Å². The molecule has 4 unspecified atom stereocenters. The first-order chi connectivity index (χ1) is 9.95. The lowest BCUT2D eigenvalue weighted by Crippen LogP contribution is -2.30. The van der Waals surface area contributed by atoms with Gasteiger partial charge in [0.15, 0.2) is 0 Å². The van der Waals surface area contributed by atoms with Crippen molar-refractivity contribution in [1.29, 1.82) is 0 Å². The van der Waals surface area contributed by atoms with Crippen LogP contribution in [0.5, 0.6) is 0 Å². The number of nitrogens with one attached hydrogen (secondary N) is 1. The van der Waals surface area contributed by atoms with Crippen LogP contribution in [-0.4, -0.2) is 11.9 Å². The first-order valence-corrected chi connectivity index (χ1v) is 7.61. The summed E-state index contributed by atoms with van der Waals surface area (Å²) in [6.07, 6.45) is 5.17. The molecule has 0 heterocycles. The Morgan fingerprint density at radius 1 is 1.38 bits per heavy atom. The highest BCUT2D eigenvalue weighted by atomic mass is 19.1. The molecular weight excluding hydrogens is 269 g/mol. The highest BCUT2D eigenvalue weighted by Gasteiger charge is 2.41. The smallest absolute Gasteiger partial charge is 0.250 e. The van der Waals surface area contributed by atoms with Crippen LogP contribution >= 0.6 is 0 Å². The molecule has 0 saturated heterocycles. The molecule has 5 N–H and O–H groups in total. The van der Waals surface area contributed by atoms with Crippen LogP contribution in [0.2, 0.25) is 0 Å². The molecule has 0 spiro atoms. The van der Waals surface area contributed by atoms with Crippen LogP contribution in [0, 0.1) is 23.6 Å². The number of primary amides is 1. The quantitative estimate of drug-likeness (QED) is 0.746. The van der Waals surface area contributed by atoms with Crippen LogP contribution in [0.25, 0.3) is 0 Å². The van der Waals surface area contributed by atoms with Gasteiger partial charge in [0.1, 0.15) is 5.82 Å². The summed E-state index contributed by atoms with van der Waals surface area (Å²) in [5.74, 6) is 1.11. The fourth-order valence-corrected chi connectivity index (χ4v) is 4.17. The van der Waals surface area contributed by atoms with Crippen molar-refractivity contribution in [1.82, 2.24) is 0 Å². The topological polar surface area (TPSA) is 81.1 Å². The van der Waals surface area contributed by atoms with Gasteiger partial charge in [-0.05, 0) is 56.1 Å². The number of fused-ring (bicyclic) bond motifs is 2. The Morgan fingerprint density at radius 3 is 2.71 bits per heavy atom. The minimum absolute atomic E-state index is 0.0816. The van der Waals surface area contributed by atoms with Crippen molar-refractivity contribution >= 4 is 17.3 Å². The predicted molar refractivity (Wildman–Crippen MR) is 81.4 cm³/mol. The molecule has 2 bridgehead atoms. The summed E-state index contributed by atoms with van der Waals surface area (Å²) in [4.78, 5) is 11.3. The third-order valence-electron chi connectivity index (χ3n) is 5.22. The Kier molecular flexibility index (Phi) is 3.51. The maximum absolute atomic E-state index is 14.0. The molecule has 0 radical (unpaired) electrons. The molecule has 1 aromatic rings. The van der Waals surface area contributed by atoms with E-state index >= 15 is 0 Å². The van der Waals surface area contributed by atoms with E-state index in [1.54, 1.807) is 0 Å². The van der Waals surface area contributed by atoms with Gasteiger partial charge >= 0.3 is 0 Å². The Bertz CT molecular complexity index is 575. The number of nitrogens with two attached hydrogens (primary N) is 2. The fraction of sp³-hybridized carbons (Fsp3) is 0.562. The van der Waals surface area contributed by atoms with E-state index in [2.05, 4.69) is 12.2 Å². The number of carbonyl (C=O) groups is 1. The van der Waals surface area contributed by atoms with Crippen LogP contribution in [0.3, 0.4) is 0 Å². The number of halogens is 1. The second-order valence-corrected chi connectivity index (χ2v) is 6.56. The number of amides is 1. The van der Waals surface area contributed by atoms with Crippen molar-refractivity contribution < 1.29 is 9.18 Å². The second kappa shape index (κ2) is 5.20. The summed E-state index contributed by atoms with van der Waals surface area (Å²) in [5.41, 5.74) is 11.5. The summed E-state index contributed by atoms with van der Waals surface area (Å²) >= 11 is 0. The molecule has 1 amide bonds. The molecule has 2 aliphatic carbocycles. The molecule has 21 heavy (non-hydrogen) atoms. The Labute approximate surface area is 124 Å². The zero-order valence-electron chi connectivity index (χ0n) is 12.2. The minimum atomic E-state index is -0.636. The maximum Gasteiger partial charge on any atom is 0.250 e. The Hall–Kier alpha value is -1.78. The van der Waals surface area contributed by atoms with Gasteiger partial charge in [-0.2, -0.15) is 0 Å². The molecule has 2 aliphatic rings. The van der Waals surface area contributed by atoms with Gasteiger partial charge in [0.05, 0.1) is 11.3 Å². The van der Waals surface area contributed by atoms with E-state index in [9.17, 15) is 9.18 Å². The zero-order valence-corrected chi connectivity index (χ0v) is 12.2. The van der Waals surface area contributed by atoms with Gasteiger partial charge < -0.3 is 16.8 Å². The van der Waals surface area contributed by atoms with Gasteiger partial charge in [0, 0.05) is 11.7 Å². The monoisotopic (exact) mass is 291 g/mol. The third-order valence-corrected chi connectivity index (χ3v) is 5.22. The van der Waals surface area contributed by atoms with Gasteiger partial charge in [0.25, 0.3) is 5.91 Å². The lowest BCUT2D eigenvalue weighted by Gasteiger charge is -2.29. The average Bonchev–Trinajstić information content (AvgIpc) is 3.03. The molecule has 114 valence electrons. The average molecular weight is 291 g/mol. The number of nitrogen functional groups attached to an aromatic ring is 1. The number of carbonyl (C=O) groups excluding carboxylic acids is 1. The molecule has 1 aromatic carbocycles. The van der Waals surface area contributed by atoms with Gasteiger partial charge in [-0.15, -0.1) is 0 Å². The fourth-order valence-electron chi connectivity index (χ4n) is 4.17. The standard InChI is InChI=1S/C16H22FN3O/c1-8(11-5-9-2-3-10(11)4-9)20-15-6-12(16(19)21)14(18)7-13(15)17/h6-11,20H,2-5,18H2,1H3,(H2,19,21). The van der Waals surface area contributed by atoms with Crippen molar-refractivity contribution in [2.24, 2.45) is 23.5 Å².